The highest BCUT2D eigenvalue weighted by atomic mass is 127. The van der Waals surface area contributed by atoms with Gasteiger partial charge in [0.2, 0.25) is 0 Å². The third kappa shape index (κ3) is 4.49. The van der Waals surface area contributed by atoms with Crippen LogP contribution in [0.15, 0.2) is 24.3 Å². The maximum absolute atomic E-state index is 5.22. The van der Waals surface area contributed by atoms with Crippen molar-refractivity contribution < 1.29 is 4.74 Å². The molecule has 0 spiro atoms. The van der Waals surface area contributed by atoms with Gasteiger partial charge in [0.25, 0.3) is 0 Å². The molecule has 0 saturated carbocycles. The van der Waals surface area contributed by atoms with Crippen LogP contribution in [0.25, 0.3) is 0 Å². The Morgan fingerprint density at radius 3 is 2.53 bits per heavy atom. The normalized spacial score (nSPS) is 12.7. The van der Waals surface area contributed by atoms with E-state index in [2.05, 4.69) is 59.1 Å². The van der Waals surface area contributed by atoms with E-state index >= 15 is 0 Å². The van der Waals surface area contributed by atoms with E-state index in [0.717, 1.165) is 19.6 Å². The van der Waals surface area contributed by atoms with E-state index in [1.54, 1.807) is 7.11 Å². The maximum Gasteiger partial charge on any atom is 0.0657 e. The highest BCUT2D eigenvalue weighted by Gasteiger charge is 2.09. The molecule has 1 aromatic rings. The summed E-state index contributed by atoms with van der Waals surface area (Å²) in [5.41, 5.74) is 1.30. The molecule has 0 aromatic heterocycles. The number of hydrogen-bond acceptors (Lipinski definition) is 2. The number of halogens is 1. The lowest BCUT2D eigenvalue weighted by atomic mass is 10.1. The molecule has 0 aliphatic carbocycles. The lowest BCUT2D eigenvalue weighted by Crippen LogP contribution is -2.25. The van der Waals surface area contributed by atoms with E-state index in [-0.39, 0.29) is 0 Å². The van der Waals surface area contributed by atoms with Crippen molar-refractivity contribution >= 4 is 22.6 Å². The fourth-order valence-electron chi connectivity index (χ4n) is 1.45. The van der Waals surface area contributed by atoms with E-state index in [1.807, 2.05) is 0 Å². The Kier molecular flexibility index (Phi) is 6.20. The van der Waals surface area contributed by atoms with Gasteiger partial charge in [0, 0.05) is 10.7 Å². The SMILES string of the molecule is CCCNC(COC)c1ccc(I)cc1. The number of benzene rings is 1. The first-order valence-corrected chi connectivity index (χ1v) is 6.33. The van der Waals surface area contributed by atoms with Gasteiger partial charge < -0.3 is 10.1 Å². The topological polar surface area (TPSA) is 21.3 Å². The molecule has 0 saturated heterocycles. The monoisotopic (exact) mass is 319 g/mol. The minimum absolute atomic E-state index is 0.312. The first kappa shape index (κ1) is 12.9. The van der Waals surface area contributed by atoms with Crippen molar-refractivity contribution in [3.8, 4) is 0 Å². The van der Waals surface area contributed by atoms with Gasteiger partial charge in [-0.2, -0.15) is 0 Å². The third-order valence-electron chi connectivity index (χ3n) is 2.25. The van der Waals surface area contributed by atoms with Crippen molar-refractivity contribution in [2.75, 3.05) is 20.3 Å². The molecule has 0 bridgehead atoms. The second kappa shape index (κ2) is 7.19. The van der Waals surface area contributed by atoms with Crippen LogP contribution in [0.5, 0.6) is 0 Å². The first-order valence-electron chi connectivity index (χ1n) is 5.25. The fourth-order valence-corrected chi connectivity index (χ4v) is 1.81. The number of nitrogens with one attached hydrogen (secondary N) is 1. The Balaban J connectivity index is 2.65. The Hall–Kier alpha value is -0.130. The van der Waals surface area contributed by atoms with Crippen molar-refractivity contribution in [2.24, 2.45) is 0 Å². The fraction of sp³-hybridized carbons (Fsp3) is 0.500. The smallest absolute Gasteiger partial charge is 0.0657 e. The van der Waals surface area contributed by atoms with Crippen LogP contribution in [0.2, 0.25) is 0 Å². The minimum atomic E-state index is 0.312. The molecule has 0 fully saturated rings. The van der Waals surface area contributed by atoms with E-state index in [9.17, 15) is 0 Å². The van der Waals surface area contributed by atoms with Gasteiger partial charge in [-0.05, 0) is 53.3 Å². The van der Waals surface area contributed by atoms with Crippen LogP contribution in [0.1, 0.15) is 24.9 Å². The number of hydrogen-bond donors (Lipinski definition) is 1. The zero-order valence-corrected chi connectivity index (χ0v) is 11.5. The van der Waals surface area contributed by atoms with Crippen molar-refractivity contribution in [2.45, 2.75) is 19.4 Å². The summed E-state index contributed by atoms with van der Waals surface area (Å²) in [6.07, 6.45) is 1.14. The van der Waals surface area contributed by atoms with Gasteiger partial charge in [0.1, 0.15) is 0 Å². The van der Waals surface area contributed by atoms with Crippen LogP contribution in [0, 0.1) is 3.57 Å². The Morgan fingerprint density at radius 1 is 1.33 bits per heavy atom. The molecule has 0 heterocycles. The molecule has 0 aliphatic rings. The molecular formula is C12H18INO. The number of rotatable bonds is 6. The molecule has 1 rings (SSSR count). The molecule has 2 nitrogen and oxygen atoms in total. The predicted molar refractivity (Wildman–Crippen MR) is 72.1 cm³/mol. The van der Waals surface area contributed by atoms with Gasteiger partial charge >= 0.3 is 0 Å². The lowest BCUT2D eigenvalue weighted by molar-refractivity contribution is 0.167. The third-order valence-corrected chi connectivity index (χ3v) is 2.97. The minimum Gasteiger partial charge on any atom is -0.383 e. The maximum atomic E-state index is 5.22. The summed E-state index contributed by atoms with van der Waals surface area (Å²) >= 11 is 2.32. The van der Waals surface area contributed by atoms with Gasteiger partial charge in [-0.3, -0.25) is 0 Å². The van der Waals surface area contributed by atoms with Crippen LogP contribution in [0.3, 0.4) is 0 Å². The van der Waals surface area contributed by atoms with Crippen molar-refractivity contribution in [3.63, 3.8) is 0 Å². The Labute approximate surface area is 106 Å². The summed E-state index contributed by atoms with van der Waals surface area (Å²) in [4.78, 5) is 0. The summed E-state index contributed by atoms with van der Waals surface area (Å²) < 4.78 is 6.49. The molecular weight excluding hydrogens is 301 g/mol. The quantitative estimate of drug-likeness (QED) is 0.814. The van der Waals surface area contributed by atoms with Crippen LogP contribution in [-0.4, -0.2) is 20.3 Å². The number of ether oxygens (including phenoxy) is 1. The van der Waals surface area contributed by atoms with Gasteiger partial charge in [0.05, 0.1) is 12.6 Å². The van der Waals surface area contributed by atoms with Gasteiger partial charge in [-0.1, -0.05) is 19.1 Å². The van der Waals surface area contributed by atoms with E-state index in [4.69, 9.17) is 4.74 Å². The van der Waals surface area contributed by atoms with Crippen LogP contribution < -0.4 is 5.32 Å². The summed E-state index contributed by atoms with van der Waals surface area (Å²) in [5.74, 6) is 0. The largest absolute Gasteiger partial charge is 0.383 e. The predicted octanol–water partition coefficient (Wildman–Crippen LogP) is 2.98. The molecule has 1 aromatic carbocycles. The van der Waals surface area contributed by atoms with E-state index in [1.165, 1.54) is 9.13 Å². The summed E-state index contributed by atoms with van der Waals surface area (Å²) in [5, 5.41) is 3.48. The van der Waals surface area contributed by atoms with E-state index in [0.29, 0.717) is 6.04 Å². The zero-order valence-electron chi connectivity index (χ0n) is 9.29. The van der Waals surface area contributed by atoms with Crippen LogP contribution in [0.4, 0.5) is 0 Å². The average Bonchev–Trinajstić information content (AvgIpc) is 2.25. The summed E-state index contributed by atoms with van der Waals surface area (Å²) in [6, 6.07) is 8.90. The molecule has 1 atom stereocenters. The first-order chi connectivity index (χ1) is 7.27. The summed E-state index contributed by atoms with van der Waals surface area (Å²) in [7, 11) is 1.74. The van der Waals surface area contributed by atoms with Crippen molar-refractivity contribution in [1.29, 1.82) is 0 Å². The summed E-state index contributed by atoms with van der Waals surface area (Å²) in [6.45, 7) is 3.92. The second-order valence-electron chi connectivity index (χ2n) is 3.51. The second-order valence-corrected chi connectivity index (χ2v) is 4.76. The molecule has 0 radical (unpaired) electrons. The molecule has 0 amide bonds. The Bertz CT molecular complexity index is 273. The van der Waals surface area contributed by atoms with Gasteiger partial charge in [-0.25, -0.2) is 0 Å². The standard InChI is InChI=1S/C12H18INO/c1-3-8-14-12(9-15-2)10-4-6-11(13)7-5-10/h4-7,12,14H,3,8-9H2,1-2H3. The Morgan fingerprint density at radius 2 is 2.00 bits per heavy atom. The van der Waals surface area contributed by atoms with E-state index < -0.39 is 0 Å². The molecule has 1 N–H and O–H groups in total. The molecule has 84 valence electrons. The molecule has 1 unspecified atom stereocenters. The highest BCUT2D eigenvalue weighted by Crippen LogP contribution is 2.15. The van der Waals surface area contributed by atoms with Crippen molar-refractivity contribution in [3.05, 3.63) is 33.4 Å². The molecule has 3 heteroatoms. The highest BCUT2D eigenvalue weighted by molar-refractivity contribution is 14.1. The lowest BCUT2D eigenvalue weighted by Gasteiger charge is -2.18. The molecule has 15 heavy (non-hydrogen) atoms. The van der Waals surface area contributed by atoms with Crippen LogP contribution in [-0.2, 0) is 4.74 Å². The van der Waals surface area contributed by atoms with Crippen LogP contribution >= 0.6 is 22.6 Å². The van der Waals surface area contributed by atoms with Gasteiger partial charge in [0.15, 0.2) is 0 Å². The zero-order chi connectivity index (χ0) is 11.1. The average molecular weight is 319 g/mol. The van der Waals surface area contributed by atoms with Crippen molar-refractivity contribution in [1.82, 2.24) is 5.32 Å². The van der Waals surface area contributed by atoms with Gasteiger partial charge in [-0.15, -0.1) is 0 Å². The molecule has 0 aliphatic heterocycles. The number of methoxy groups -OCH3 is 1.